The van der Waals surface area contributed by atoms with Crippen molar-refractivity contribution in [3.63, 3.8) is 0 Å². The fourth-order valence-electron chi connectivity index (χ4n) is 3.39. The van der Waals surface area contributed by atoms with Gasteiger partial charge in [0.15, 0.2) is 5.82 Å². The second-order valence-corrected chi connectivity index (χ2v) is 9.66. The first-order valence-electron chi connectivity index (χ1n) is 10.2. The summed E-state index contributed by atoms with van der Waals surface area (Å²) < 4.78 is 33.1. The zero-order valence-corrected chi connectivity index (χ0v) is 22.6. The number of hydrogen-bond acceptors (Lipinski definition) is 3. The molecule has 0 unspecified atom stereocenters. The maximum Gasteiger partial charge on any atom is 0.160 e. The lowest BCUT2D eigenvalue weighted by atomic mass is 10.3. The lowest BCUT2D eigenvalue weighted by Gasteiger charge is -2.05. The summed E-state index contributed by atoms with van der Waals surface area (Å²) in [7, 11) is 0. The highest BCUT2D eigenvalue weighted by atomic mass is 127. The molecule has 0 spiro atoms. The molecule has 10 heteroatoms. The van der Waals surface area contributed by atoms with E-state index in [-0.39, 0.29) is 11.6 Å². The Balaban J connectivity index is 0.000000172. The molecule has 0 amide bonds. The molecule has 5 rings (SSSR count). The van der Waals surface area contributed by atoms with Crippen LogP contribution in [0.5, 0.6) is 0 Å². The van der Waals surface area contributed by atoms with Crippen LogP contribution in [0.2, 0.25) is 0 Å². The number of benzene rings is 2. The van der Waals surface area contributed by atoms with Crippen LogP contribution in [0.3, 0.4) is 0 Å². The van der Waals surface area contributed by atoms with Crippen molar-refractivity contribution in [1.29, 1.82) is 0 Å². The number of anilines is 1. The van der Waals surface area contributed by atoms with E-state index in [9.17, 15) is 8.78 Å². The molecule has 3 heterocycles. The van der Waals surface area contributed by atoms with Gasteiger partial charge in [0.05, 0.1) is 11.4 Å². The molecule has 0 saturated carbocycles. The lowest BCUT2D eigenvalue weighted by molar-refractivity contribution is 0.626. The Hall–Kier alpha value is -2.74. The third-order valence-corrected chi connectivity index (χ3v) is 6.52. The van der Waals surface area contributed by atoms with Crippen LogP contribution in [0.1, 0.15) is 11.4 Å². The minimum atomic E-state index is -0.260. The highest BCUT2D eigenvalue weighted by Gasteiger charge is 2.12. The largest absolute Gasteiger partial charge is 0.382 e. The molecule has 0 aliphatic heterocycles. The lowest BCUT2D eigenvalue weighted by Crippen LogP contribution is -2.02. The Morgan fingerprint density at radius 3 is 1.56 bits per heavy atom. The SMILES string of the molecule is Cc1ccc(C)n1-c1cc(I)n(-c2ccc(F)cc2)n1.Nc1cc(I)n(-c2ccc(F)cc2)n1. The van der Waals surface area contributed by atoms with E-state index in [0.717, 1.165) is 36.0 Å². The van der Waals surface area contributed by atoms with Gasteiger partial charge in [-0.3, -0.25) is 0 Å². The van der Waals surface area contributed by atoms with Crippen LogP contribution in [0.15, 0.2) is 72.8 Å². The molecule has 2 N–H and O–H groups in total. The number of rotatable bonds is 3. The maximum atomic E-state index is 13.0. The summed E-state index contributed by atoms with van der Waals surface area (Å²) in [5.74, 6) is 0.828. The first-order valence-corrected chi connectivity index (χ1v) is 12.3. The molecule has 3 aromatic heterocycles. The molecule has 0 bridgehead atoms. The van der Waals surface area contributed by atoms with Gasteiger partial charge >= 0.3 is 0 Å². The number of nitrogens with two attached hydrogens (primary N) is 1. The molecule has 0 fully saturated rings. The summed E-state index contributed by atoms with van der Waals surface area (Å²) in [6.45, 7) is 4.10. The topological polar surface area (TPSA) is 66.6 Å². The van der Waals surface area contributed by atoms with Gasteiger partial charge in [0.25, 0.3) is 0 Å². The summed E-state index contributed by atoms with van der Waals surface area (Å²) in [6, 6.07) is 20.3. The second-order valence-electron chi connectivity index (χ2n) is 7.45. The normalized spacial score (nSPS) is 10.8. The monoisotopic (exact) mass is 684 g/mol. The van der Waals surface area contributed by atoms with Crippen molar-refractivity contribution >= 4 is 51.0 Å². The van der Waals surface area contributed by atoms with Crippen LogP contribution in [0.25, 0.3) is 17.2 Å². The third kappa shape index (κ3) is 5.32. The van der Waals surface area contributed by atoms with E-state index >= 15 is 0 Å². The van der Waals surface area contributed by atoms with Crippen molar-refractivity contribution in [2.75, 3.05) is 5.73 Å². The van der Waals surface area contributed by atoms with Gasteiger partial charge < -0.3 is 10.3 Å². The van der Waals surface area contributed by atoms with Gasteiger partial charge in [0.1, 0.15) is 24.9 Å². The molecule has 174 valence electrons. The van der Waals surface area contributed by atoms with E-state index in [1.807, 2.05) is 10.7 Å². The molecule has 0 aliphatic rings. The van der Waals surface area contributed by atoms with E-state index in [2.05, 4.69) is 85.9 Å². The molecular formula is C24H20F2I2N6. The molecule has 0 radical (unpaired) electrons. The Labute approximate surface area is 222 Å². The second kappa shape index (κ2) is 10.3. The zero-order valence-electron chi connectivity index (χ0n) is 18.3. The Morgan fingerprint density at radius 1 is 0.676 bits per heavy atom. The predicted molar refractivity (Wildman–Crippen MR) is 146 cm³/mol. The van der Waals surface area contributed by atoms with E-state index in [4.69, 9.17) is 5.73 Å². The van der Waals surface area contributed by atoms with Gasteiger partial charge in [0, 0.05) is 23.5 Å². The van der Waals surface area contributed by atoms with Gasteiger partial charge in [-0.05, 0) is 120 Å². The van der Waals surface area contributed by atoms with E-state index in [1.165, 1.54) is 24.3 Å². The highest BCUT2D eigenvalue weighted by Crippen LogP contribution is 2.21. The average Bonchev–Trinajstić information content (AvgIpc) is 3.45. The number of halogens is 4. The fraction of sp³-hybridized carbons (Fsp3) is 0.0833. The van der Waals surface area contributed by atoms with Gasteiger partial charge in [-0.2, -0.15) is 0 Å². The first-order chi connectivity index (χ1) is 16.2. The molecule has 2 aromatic carbocycles. The van der Waals surface area contributed by atoms with Crippen LogP contribution in [0, 0.1) is 32.9 Å². The number of aromatic nitrogens is 5. The maximum absolute atomic E-state index is 13.0. The van der Waals surface area contributed by atoms with Crippen molar-refractivity contribution in [3.05, 3.63) is 103 Å². The van der Waals surface area contributed by atoms with Crippen LogP contribution in [0.4, 0.5) is 14.6 Å². The van der Waals surface area contributed by atoms with Crippen LogP contribution in [-0.4, -0.2) is 24.1 Å². The van der Waals surface area contributed by atoms with Gasteiger partial charge in [-0.25, -0.2) is 18.1 Å². The standard InChI is InChI=1S/C15H13FIN3.C9H7FIN3/c1-10-3-4-11(2)19(10)15-9-14(17)20(18-15)13-7-5-12(16)6-8-13;10-6-1-3-7(4-2-6)14-8(11)5-9(12)13-14/h3-9H,1-2H3;1-5H,(H2,12,13). The van der Waals surface area contributed by atoms with Crippen molar-refractivity contribution in [2.45, 2.75) is 13.8 Å². The Kier molecular flexibility index (Phi) is 7.36. The molecule has 0 aliphatic carbocycles. The first kappa shape index (κ1) is 24.4. The number of nitrogens with zero attached hydrogens (tertiary/aromatic N) is 5. The van der Waals surface area contributed by atoms with Crippen LogP contribution < -0.4 is 5.73 Å². The van der Waals surface area contributed by atoms with Crippen molar-refractivity contribution in [3.8, 4) is 17.2 Å². The fourth-order valence-corrected chi connectivity index (χ4v) is 4.76. The van der Waals surface area contributed by atoms with Gasteiger partial charge in [-0.15, -0.1) is 10.2 Å². The van der Waals surface area contributed by atoms with Crippen LogP contribution in [-0.2, 0) is 0 Å². The van der Waals surface area contributed by atoms with Crippen LogP contribution >= 0.6 is 45.2 Å². The third-order valence-electron chi connectivity index (χ3n) is 4.98. The van der Waals surface area contributed by atoms with Gasteiger partial charge in [0.2, 0.25) is 0 Å². The molecule has 6 nitrogen and oxygen atoms in total. The van der Waals surface area contributed by atoms with E-state index in [1.54, 1.807) is 35.0 Å². The molecule has 0 atom stereocenters. The summed E-state index contributed by atoms with van der Waals surface area (Å²) in [4.78, 5) is 0. The summed E-state index contributed by atoms with van der Waals surface area (Å²) in [6.07, 6.45) is 0. The minimum Gasteiger partial charge on any atom is -0.382 e. The molecule has 34 heavy (non-hydrogen) atoms. The smallest absolute Gasteiger partial charge is 0.160 e. The van der Waals surface area contributed by atoms with Crippen molar-refractivity contribution in [2.24, 2.45) is 0 Å². The number of hydrogen-bond donors (Lipinski definition) is 1. The Morgan fingerprint density at radius 2 is 1.12 bits per heavy atom. The average molecular weight is 684 g/mol. The summed E-state index contributed by atoms with van der Waals surface area (Å²) in [5, 5.41) is 8.70. The van der Waals surface area contributed by atoms with Crippen molar-refractivity contribution in [1.82, 2.24) is 24.1 Å². The molecule has 5 aromatic rings. The Bertz CT molecular complexity index is 1400. The molecular weight excluding hydrogens is 664 g/mol. The molecule has 0 saturated heterocycles. The summed E-state index contributed by atoms with van der Waals surface area (Å²) in [5.41, 5.74) is 9.47. The highest BCUT2D eigenvalue weighted by molar-refractivity contribution is 14.1. The zero-order chi connectivity index (χ0) is 24.4. The van der Waals surface area contributed by atoms with Crippen molar-refractivity contribution < 1.29 is 8.78 Å². The van der Waals surface area contributed by atoms with Gasteiger partial charge in [-0.1, -0.05) is 0 Å². The van der Waals surface area contributed by atoms with E-state index in [0.29, 0.717) is 5.82 Å². The van der Waals surface area contributed by atoms with E-state index < -0.39 is 0 Å². The number of aryl methyl sites for hydroxylation is 2. The minimum absolute atomic E-state index is 0.242. The quantitative estimate of drug-likeness (QED) is 0.230. The summed E-state index contributed by atoms with van der Waals surface area (Å²) >= 11 is 4.36. The predicted octanol–water partition coefficient (Wildman–Crippen LogP) is 6.22. The number of nitrogen functional groups attached to an aromatic ring is 1.